The van der Waals surface area contributed by atoms with Gasteiger partial charge in [0.15, 0.2) is 0 Å². The molecule has 0 aliphatic carbocycles. The minimum absolute atomic E-state index is 0.127. The number of hydrogen-bond donors (Lipinski definition) is 3. The first-order chi connectivity index (χ1) is 16.4. The Bertz CT molecular complexity index is 1030. The van der Waals surface area contributed by atoms with E-state index in [9.17, 15) is 19.5 Å². The average Bonchev–Trinajstić information content (AvgIpc) is 2.77. The molecular formula is C26H34ClN3O5. The number of anilines is 1. The van der Waals surface area contributed by atoms with Crippen molar-refractivity contribution in [2.75, 3.05) is 18.4 Å². The third-order valence-corrected chi connectivity index (χ3v) is 5.43. The number of nitrogens with one attached hydrogen (secondary N) is 2. The summed E-state index contributed by atoms with van der Waals surface area (Å²) in [4.78, 5) is 40.4. The molecule has 35 heavy (non-hydrogen) atoms. The van der Waals surface area contributed by atoms with Crippen LogP contribution in [0.3, 0.4) is 0 Å². The van der Waals surface area contributed by atoms with Crippen molar-refractivity contribution in [1.82, 2.24) is 10.2 Å². The standard InChI is InChI=1S/C26H34ClN3O5/c1-6-7-15-30(21(32)16-28-25(34)35-26(3,4)5)23(18-12-8-9-14-20(18)31)24(33)29-22-17(2)11-10-13-19(22)27/h8-14,23,31H,6-7,15-16H2,1-5H3,(H,28,34)(H,29,33). The molecule has 8 nitrogen and oxygen atoms in total. The number of aromatic hydroxyl groups is 1. The highest BCUT2D eigenvalue weighted by Crippen LogP contribution is 2.32. The Morgan fingerprint density at radius 1 is 1.11 bits per heavy atom. The number of phenolic OH excluding ortho intramolecular Hbond substituents is 1. The number of ether oxygens (including phenoxy) is 1. The number of nitrogens with zero attached hydrogens (tertiary/aromatic N) is 1. The van der Waals surface area contributed by atoms with Crippen molar-refractivity contribution in [2.45, 2.75) is 59.1 Å². The lowest BCUT2D eigenvalue weighted by molar-refractivity contribution is -0.138. The average molecular weight is 504 g/mol. The van der Waals surface area contributed by atoms with Crippen LogP contribution in [0.15, 0.2) is 42.5 Å². The van der Waals surface area contributed by atoms with Crippen LogP contribution in [0, 0.1) is 6.92 Å². The number of halogens is 1. The maximum atomic E-state index is 13.6. The van der Waals surface area contributed by atoms with Crippen molar-refractivity contribution in [2.24, 2.45) is 0 Å². The minimum atomic E-state index is -1.16. The predicted octanol–water partition coefficient (Wildman–Crippen LogP) is 5.19. The van der Waals surface area contributed by atoms with E-state index in [2.05, 4.69) is 10.6 Å². The van der Waals surface area contributed by atoms with Crippen molar-refractivity contribution >= 4 is 35.2 Å². The SMILES string of the molecule is CCCCN(C(=O)CNC(=O)OC(C)(C)C)C(C(=O)Nc1c(C)cccc1Cl)c1ccccc1O. The van der Waals surface area contributed by atoms with Crippen LogP contribution in [0.1, 0.15) is 57.7 Å². The minimum Gasteiger partial charge on any atom is -0.508 e. The third-order valence-electron chi connectivity index (χ3n) is 5.12. The van der Waals surface area contributed by atoms with E-state index in [0.29, 0.717) is 17.1 Å². The summed E-state index contributed by atoms with van der Waals surface area (Å²) in [5.41, 5.74) is 0.714. The first kappa shape index (κ1) is 28.0. The normalized spacial score (nSPS) is 11.9. The molecule has 1 atom stereocenters. The zero-order valence-electron chi connectivity index (χ0n) is 20.9. The van der Waals surface area contributed by atoms with E-state index in [0.717, 1.165) is 12.0 Å². The molecule has 0 aliphatic rings. The molecule has 2 aromatic carbocycles. The van der Waals surface area contributed by atoms with E-state index >= 15 is 0 Å². The predicted molar refractivity (Wildman–Crippen MR) is 137 cm³/mol. The Morgan fingerprint density at radius 3 is 2.40 bits per heavy atom. The van der Waals surface area contributed by atoms with Gasteiger partial charge in [0.05, 0.1) is 10.7 Å². The molecule has 3 N–H and O–H groups in total. The van der Waals surface area contributed by atoms with Crippen LogP contribution in [-0.2, 0) is 14.3 Å². The first-order valence-electron chi connectivity index (χ1n) is 11.5. The molecule has 0 aliphatic heterocycles. The Labute approximate surface area is 211 Å². The molecule has 0 fully saturated rings. The van der Waals surface area contributed by atoms with Gasteiger partial charge in [-0.2, -0.15) is 0 Å². The summed E-state index contributed by atoms with van der Waals surface area (Å²) in [7, 11) is 0. The molecule has 0 heterocycles. The number of aryl methyl sites for hydroxylation is 1. The number of para-hydroxylation sites is 2. The fourth-order valence-corrected chi connectivity index (χ4v) is 3.71. The van der Waals surface area contributed by atoms with Crippen molar-refractivity contribution in [3.63, 3.8) is 0 Å². The second-order valence-electron chi connectivity index (χ2n) is 9.18. The number of benzene rings is 2. The van der Waals surface area contributed by atoms with Crippen molar-refractivity contribution in [3.05, 3.63) is 58.6 Å². The number of unbranched alkanes of at least 4 members (excludes halogenated alkanes) is 1. The molecule has 1 unspecified atom stereocenters. The second-order valence-corrected chi connectivity index (χ2v) is 9.59. The number of carbonyl (C=O) groups is 3. The fraction of sp³-hybridized carbons (Fsp3) is 0.423. The van der Waals surface area contributed by atoms with E-state index in [-0.39, 0.29) is 24.4 Å². The first-order valence-corrected chi connectivity index (χ1v) is 11.9. The lowest BCUT2D eigenvalue weighted by atomic mass is 10.0. The molecule has 0 bridgehead atoms. The van der Waals surface area contributed by atoms with E-state index < -0.39 is 29.6 Å². The van der Waals surface area contributed by atoms with Gasteiger partial charge in [-0.1, -0.05) is 55.3 Å². The van der Waals surface area contributed by atoms with E-state index in [1.807, 2.05) is 6.92 Å². The summed E-state index contributed by atoms with van der Waals surface area (Å²) in [6, 6.07) is 10.4. The zero-order valence-corrected chi connectivity index (χ0v) is 21.6. The van der Waals surface area contributed by atoms with Gasteiger partial charge >= 0.3 is 6.09 Å². The summed E-state index contributed by atoms with van der Waals surface area (Å²) in [6.45, 7) is 8.79. The maximum Gasteiger partial charge on any atom is 0.408 e. The maximum absolute atomic E-state index is 13.6. The lowest BCUT2D eigenvalue weighted by Gasteiger charge is -2.32. The number of phenols is 1. The molecule has 0 radical (unpaired) electrons. The molecule has 0 aromatic heterocycles. The van der Waals surface area contributed by atoms with E-state index in [4.69, 9.17) is 16.3 Å². The van der Waals surface area contributed by atoms with Crippen LogP contribution in [0.2, 0.25) is 5.02 Å². The summed E-state index contributed by atoms with van der Waals surface area (Å²) in [6.07, 6.45) is 0.638. The molecule has 2 rings (SSSR count). The highest BCUT2D eigenvalue weighted by Gasteiger charge is 2.33. The van der Waals surface area contributed by atoms with Crippen molar-refractivity contribution in [3.8, 4) is 5.75 Å². The van der Waals surface area contributed by atoms with Gasteiger partial charge in [-0.25, -0.2) is 4.79 Å². The molecule has 0 saturated heterocycles. The number of carbonyl (C=O) groups excluding carboxylic acids is 3. The fourth-order valence-electron chi connectivity index (χ4n) is 3.44. The van der Waals surface area contributed by atoms with E-state index in [1.165, 1.54) is 11.0 Å². The number of alkyl carbamates (subject to hydrolysis) is 1. The van der Waals surface area contributed by atoms with Crippen LogP contribution in [-0.4, -0.2) is 46.6 Å². The second kappa shape index (κ2) is 12.4. The van der Waals surface area contributed by atoms with Gasteiger partial charge in [0.2, 0.25) is 5.91 Å². The van der Waals surface area contributed by atoms with Gasteiger partial charge in [0, 0.05) is 12.1 Å². The third kappa shape index (κ3) is 8.17. The van der Waals surface area contributed by atoms with Gasteiger partial charge < -0.3 is 25.4 Å². The van der Waals surface area contributed by atoms with Crippen LogP contribution in [0.4, 0.5) is 10.5 Å². The quantitative estimate of drug-likeness (QED) is 0.436. The number of hydrogen-bond acceptors (Lipinski definition) is 5. The lowest BCUT2D eigenvalue weighted by Crippen LogP contribution is -2.47. The molecule has 2 aromatic rings. The number of amides is 3. The van der Waals surface area contributed by atoms with Crippen LogP contribution < -0.4 is 10.6 Å². The van der Waals surface area contributed by atoms with Crippen LogP contribution in [0.25, 0.3) is 0 Å². The smallest absolute Gasteiger partial charge is 0.408 e. The van der Waals surface area contributed by atoms with Gasteiger partial charge in [-0.15, -0.1) is 0 Å². The molecule has 0 spiro atoms. The van der Waals surface area contributed by atoms with Crippen molar-refractivity contribution < 1.29 is 24.2 Å². The monoisotopic (exact) mass is 503 g/mol. The van der Waals surface area contributed by atoms with E-state index in [1.54, 1.807) is 64.1 Å². The highest BCUT2D eigenvalue weighted by molar-refractivity contribution is 6.34. The topological polar surface area (TPSA) is 108 Å². The molecule has 190 valence electrons. The molecule has 9 heteroatoms. The van der Waals surface area contributed by atoms with Gasteiger partial charge in [0.1, 0.15) is 23.9 Å². The Kier molecular flexibility index (Phi) is 9.95. The summed E-state index contributed by atoms with van der Waals surface area (Å²) in [5, 5.41) is 16.2. The van der Waals surface area contributed by atoms with Crippen LogP contribution >= 0.6 is 11.6 Å². The van der Waals surface area contributed by atoms with Gasteiger partial charge in [0.25, 0.3) is 5.91 Å². The zero-order chi connectivity index (χ0) is 26.2. The van der Waals surface area contributed by atoms with Crippen LogP contribution in [0.5, 0.6) is 5.75 Å². The van der Waals surface area contributed by atoms with Crippen molar-refractivity contribution in [1.29, 1.82) is 0 Å². The largest absolute Gasteiger partial charge is 0.508 e. The summed E-state index contributed by atoms with van der Waals surface area (Å²) in [5.74, 6) is -1.16. The molecule has 0 saturated carbocycles. The number of rotatable bonds is 9. The Morgan fingerprint density at radius 2 is 1.80 bits per heavy atom. The summed E-state index contributed by atoms with van der Waals surface area (Å²) >= 11 is 6.31. The summed E-state index contributed by atoms with van der Waals surface area (Å²) < 4.78 is 5.21. The molecular weight excluding hydrogens is 470 g/mol. The van der Waals surface area contributed by atoms with Gasteiger partial charge in [-0.05, 0) is 51.8 Å². The molecule has 3 amide bonds. The van der Waals surface area contributed by atoms with Gasteiger partial charge in [-0.3, -0.25) is 9.59 Å². The Hall–Kier alpha value is -3.26. The Balaban J connectivity index is 2.41. The highest BCUT2D eigenvalue weighted by atomic mass is 35.5.